The Morgan fingerprint density at radius 3 is 2.57 bits per heavy atom. The molecule has 10 heteroatoms. The van der Waals surface area contributed by atoms with Crippen molar-refractivity contribution in [3.63, 3.8) is 0 Å². The van der Waals surface area contributed by atoms with Crippen LogP contribution in [-0.2, 0) is 10.0 Å². The molecule has 30 heavy (non-hydrogen) atoms. The third kappa shape index (κ3) is 5.20. The van der Waals surface area contributed by atoms with E-state index in [1.807, 2.05) is 13.8 Å². The van der Waals surface area contributed by atoms with Crippen LogP contribution in [-0.4, -0.2) is 40.6 Å². The third-order valence-electron chi connectivity index (χ3n) is 4.48. The van der Waals surface area contributed by atoms with Crippen molar-refractivity contribution in [2.45, 2.75) is 44.6 Å². The zero-order valence-electron chi connectivity index (χ0n) is 17.3. The van der Waals surface area contributed by atoms with Crippen molar-refractivity contribution in [2.75, 3.05) is 12.3 Å². The highest BCUT2D eigenvalue weighted by Crippen LogP contribution is 2.31. The van der Waals surface area contributed by atoms with E-state index >= 15 is 0 Å². The lowest BCUT2D eigenvalue weighted by Crippen LogP contribution is -2.30. The van der Waals surface area contributed by atoms with Crippen LogP contribution in [0, 0.1) is 13.8 Å². The van der Waals surface area contributed by atoms with Crippen LogP contribution in [0.25, 0.3) is 21.8 Å². The molecule has 3 rings (SSSR count). The Balaban J connectivity index is 1.96. The first-order chi connectivity index (χ1) is 14.0. The Morgan fingerprint density at radius 1 is 1.20 bits per heavy atom. The number of hydrogen-bond acceptors (Lipinski definition) is 8. The van der Waals surface area contributed by atoms with Crippen LogP contribution in [0.1, 0.15) is 30.8 Å². The van der Waals surface area contributed by atoms with Gasteiger partial charge >= 0.3 is 0 Å². The molecule has 0 aliphatic heterocycles. The number of nitrogens with two attached hydrogens (primary N) is 1. The number of nitrogens with one attached hydrogen (secondary N) is 1. The highest BCUT2D eigenvalue weighted by molar-refractivity contribution is 7.89. The minimum atomic E-state index is -3.74. The van der Waals surface area contributed by atoms with Crippen molar-refractivity contribution < 1.29 is 13.5 Å². The number of aliphatic hydroxyl groups is 1. The quantitative estimate of drug-likeness (QED) is 0.507. The first-order valence-corrected chi connectivity index (χ1v) is 11.6. The fourth-order valence-electron chi connectivity index (χ4n) is 2.80. The molecular formula is C20H25N5O3S2. The number of anilines is 1. The second-order valence-corrected chi connectivity index (χ2v) is 10.7. The van der Waals surface area contributed by atoms with Gasteiger partial charge in [-0.3, -0.25) is 0 Å². The van der Waals surface area contributed by atoms with Crippen LogP contribution in [0.15, 0.2) is 35.5 Å². The van der Waals surface area contributed by atoms with Crippen LogP contribution >= 0.6 is 11.3 Å². The largest absolute Gasteiger partial charge is 0.390 e. The smallest absolute Gasteiger partial charge is 0.240 e. The van der Waals surface area contributed by atoms with Crippen LogP contribution < -0.4 is 10.5 Å². The zero-order valence-corrected chi connectivity index (χ0v) is 18.9. The maximum absolute atomic E-state index is 12.7. The first-order valence-electron chi connectivity index (χ1n) is 9.35. The summed E-state index contributed by atoms with van der Waals surface area (Å²) < 4.78 is 27.9. The molecule has 1 aromatic carbocycles. The van der Waals surface area contributed by atoms with Crippen molar-refractivity contribution in [1.82, 2.24) is 19.7 Å². The number of sulfonamides is 1. The predicted molar refractivity (Wildman–Crippen MR) is 119 cm³/mol. The summed E-state index contributed by atoms with van der Waals surface area (Å²) in [5.74, 6) is 0.289. The molecule has 0 spiro atoms. The second-order valence-electron chi connectivity index (χ2n) is 7.67. The molecule has 0 radical (unpaired) electrons. The summed E-state index contributed by atoms with van der Waals surface area (Å²) in [6, 6.07) is 4.85. The Bertz CT molecular complexity index is 1170. The van der Waals surface area contributed by atoms with Crippen LogP contribution in [0.3, 0.4) is 0 Å². The Kier molecular flexibility index (Phi) is 6.23. The average Bonchev–Trinajstić information content (AvgIpc) is 3.07. The summed E-state index contributed by atoms with van der Waals surface area (Å²) in [6.45, 7) is 7.17. The number of thiazole rings is 1. The minimum absolute atomic E-state index is 0.118. The highest BCUT2D eigenvalue weighted by Gasteiger charge is 2.19. The molecule has 0 saturated carbocycles. The van der Waals surface area contributed by atoms with E-state index in [4.69, 9.17) is 5.73 Å². The van der Waals surface area contributed by atoms with Crippen molar-refractivity contribution >= 4 is 27.2 Å². The fraction of sp³-hybridized carbons (Fsp3) is 0.350. The highest BCUT2D eigenvalue weighted by atomic mass is 32.2. The minimum Gasteiger partial charge on any atom is -0.390 e. The summed E-state index contributed by atoms with van der Waals surface area (Å²) in [4.78, 5) is 14.0. The first kappa shape index (κ1) is 22.3. The third-order valence-corrected chi connectivity index (χ3v) is 6.86. The maximum atomic E-state index is 12.7. The number of benzene rings is 1. The zero-order chi connectivity index (χ0) is 22.1. The lowest BCUT2D eigenvalue weighted by Gasteiger charge is -2.17. The fourth-order valence-corrected chi connectivity index (χ4v) is 4.63. The maximum Gasteiger partial charge on any atom is 0.240 e. The van der Waals surface area contributed by atoms with E-state index in [1.54, 1.807) is 38.2 Å². The summed E-state index contributed by atoms with van der Waals surface area (Å²) in [5.41, 5.74) is 7.61. The van der Waals surface area contributed by atoms with Gasteiger partial charge in [-0.1, -0.05) is 6.07 Å². The van der Waals surface area contributed by atoms with Crippen molar-refractivity contribution in [3.05, 3.63) is 41.2 Å². The normalized spacial score (nSPS) is 12.3. The van der Waals surface area contributed by atoms with Gasteiger partial charge in [0.1, 0.15) is 5.69 Å². The Labute approximate surface area is 180 Å². The topological polar surface area (TPSA) is 131 Å². The van der Waals surface area contributed by atoms with E-state index in [0.29, 0.717) is 23.4 Å². The molecule has 0 bridgehead atoms. The molecule has 0 fully saturated rings. The van der Waals surface area contributed by atoms with Crippen LogP contribution in [0.4, 0.5) is 5.82 Å². The Hall–Kier alpha value is -2.40. The number of rotatable bonds is 7. The van der Waals surface area contributed by atoms with Gasteiger partial charge in [0.2, 0.25) is 10.0 Å². The monoisotopic (exact) mass is 447 g/mol. The predicted octanol–water partition coefficient (Wildman–Crippen LogP) is 2.91. The van der Waals surface area contributed by atoms with E-state index < -0.39 is 15.6 Å². The molecule has 0 amide bonds. The molecule has 0 aliphatic carbocycles. The van der Waals surface area contributed by atoms with Crippen molar-refractivity contribution in [1.29, 1.82) is 0 Å². The number of nitrogens with zero attached hydrogens (tertiary/aromatic N) is 3. The van der Waals surface area contributed by atoms with Crippen molar-refractivity contribution in [2.24, 2.45) is 0 Å². The van der Waals surface area contributed by atoms with Gasteiger partial charge in [0.15, 0.2) is 5.82 Å². The summed E-state index contributed by atoms with van der Waals surface area (Å²) in [6.07, 6.45) is 3.53. The summed E-state index contributed by atoms with van der Waals surface area (Å²) in [7, 11) is -3.74. The number of nitrogen functional groups attached to an aromatic ring is 1. The van der Waals surface area contributed by atoms with Gasteiger partial charge in [0.25, 0.3) is 0 Å². The Morgan fingerprint density at radius 2 is 1.93 bits per heavy atom. The van der Waals surface area contributed by atoms with Gasteiger partial charge in [-0.2, -0.15) is 0 Å². The molecule has 8 nitrogen and oxygen atoms in total. The SMILES string of the molecule is Cc1ncc(-c2nc(-c3cc(S(=O)(=O)NCCC(C)(C)O)ccc3C)cnc2N)s1. The number of hydrogen-bond donors (Lipinski definition) is 3. The summed E-state index contributed by atoms with van der Waals surface area (Å²) >= 11 is 1.46. The molecule has 0 unspecified atom stereocenters. The number of aryl methyl sites for hydroxylation is 2. The van der Waals surface area contributed by atoms with E-state index in [2.05, 4.69) is 19.7 Å². The van der Waals surface area contributed by atoms with Crippen LogP contribution in [0.5, 0.6) is 0 Å². The molecule has 3 aromatic rings. The van der Waals surface area contributed by atoms with E-state index in [0.717, 1.165) is 15.4 Å². The number of aromatic nitrogens is 3. The van der Waals surface area contributed by atoms with Gasteiger partial charge in [-0.25, -0.2) is 28.1 Å². The van der Waals surface area contributed by atoms with E-state index in [-0.39, 0.29) is 17.3 Å². The van der Waals surface area contributed by atoms with Gasteiger partial charge in [-0.15, -0.1) is 11.3 Å². The molecule has 0 atom stereocenters. The standard InChI is InChI=1S/C20H25N5O3S2/c1-12-5-6-14(30(27,28)24-8-7-20(3,4)26)9-15(12)16-10-23-19(21)18(25-16)17-11-22-13(2)29-17/h5-6,9-11,24,26H,7-8H2,1-4H3,(H2,21,23). The average molecular weight is 448 g/mol. The van der Waals surface area contributed by atoms with E-state index in [1.165, 1.54) is 17.5 Å². The van der Waals surface area contributed by atoms with Gasteiger partial charge < -0.3 is 10.8 Å². The molecule has 2 aromatic heterocycles. The van der Waals surface area contributed by atoms with Gasteiger partial charge in [0.05, 0.1) is 32.3 Å². The second kappa shape index (κ2) is 8.38. The van der Waals surface area contributed by atoms with Gasteiger partial charge in [-0.05, 0) is 51.8 Å². The summed E-state index contributed by atoms with van der Waals surface area (Å²) in [5, 5.41) is 10.7. The van der Waals surface area contributed by atoms with Gasteiger partial charge in [0, 0.05) is 18.3 Å². The lowest BCUT2D eigenvalue weighted by molar-refractivity contribution is 0.0728. The molecule has 0 saturated heterocycles. The van der Waals surface area contributed by atoms with Crippen LogP contribution in [0.2, 0.25) is 0 Å². The van der Waals surface area contributed by atoms with E-state index in [9.17, 15) is 13.5 Å². The molecule has 2 heterocycles. The van der Waals surface area contributed by atoms with Crippen molar-refractivity contribution in [3.8, 4) is 21.8 Å². The molecule has 0 aliphatic rings. The molecule has 4 N–H and O–H groups in total. The molecular weight excluding hydrogens is 422 g/mol. The lowest BCUT2D eigenvalue weighted by atomic mass is 10.1. The molecule has 160 valence electrons.